The third kappa shape index (κ3) is 17.5. The van der Waals surface area contributed by atoms with Crippen molar-refractivity contribution in [3.05, 3.63) is 89.9 Å². The van der Waals surface area contributed by atoms with Crippen molar-refractivity contribution in [3.63, 3.8) is 0 Å². The zero-order valence-corrected chi connectivity index (χ0v) is 19.4. The SMILES string of the molecule is CCO/C=C/C(=O)Cc1ccc(C)cc1.CCO/C=C/C(=O)Cl.Cc1ccc(N)cc1. The number of hydrogen-bond donors (Lipinski definition) is 1. The van der Waals surface area contributed by atoms with Gasteiger partial charge in [-0.15, -0.1) is 0 Å². The molecule has 0 atom stereocenters. The lowest BCUT2D eigenvalue weighted by molar-refractivity contribution is -0.114. The van der Waals surface area contributed by atoms with Crippen LogP contribution in [0.15, 0.2) is 73.2 Å². The fraction of sp³-hybridized carbons (Fsp3) is 0.280. The predicted octanol–water partition coefficient (Wildman–Crippen LogP) is 5.54. The van der Waals surface area contributed by atoms with E-state index in [9.17, 15) is 9.59 Å². The topological polar surface area (TPSA) is 78.6 Å². The van der Waals surface area contributed by atoms with Crippen LogP contribution < -0.4 is 5.73 Å². The van der Waals surface area contributed by atoms with Crippen LogP contribution in [0.3, 0.4) is 0 Å². The second-order valence-corrected chi connectivity index (χ2v) is 6.73. The largest absolute Gasteiger partial charge is 0.501 e. The van der Waals surface area contributed by atoms with Gasteiger partial charge in [0.15, 0.2) is 5.78 Å². The highest BCUT2D eigenvalue weighted by atomic mass is 35.5. The number of rotatable bonds is 8. The molecule has 2 rings (SSSR count). The van der Waals surface area contributed by atoms with Crippen LogP contribution in [-0.2, 0) is 25.5 Å². The van der Waals surface area contributed by atoms with Gasteiger partial charge in [-0.3, -0.25) is 9.59 Å². The Bertz CT molecular complexity index is 791. The Morgan fingerprint density at radius 1 is 0.839 bits per heavy atom. The van der Waals surface area contributed by atoms with Gasteiger partial charge in [-0.1, -0.05) is 47.5 Å². The molecule has 0 unspecified atom stereocenters. The van der Waals surface area contributed by atoms with E-state index in [1.807, 2.05) is 76.2 Å². The third-order valence-corrected chi connectivity index (χ3v) is 3.68. The summed E-state index contributed by atoms with van der Waals surface area (Å²) in [5.41, 5.74) is 9.74. The van der Waals surface area contributed by atoms with Crippen LogP contribution in [0.4, 0.5) is 5.69 Å². The Morgan fingerprint density at radius 3 is 1.71 bits per heavy atom. The monoisotopic (exact) mass is 445 g/mol. The number of aryl methyl sites for hydroxylation is 2. The maximum atomic E-state index is 11.4. The van der Waals surface area contributed by atoms with Gasteiger partial charge in [0.1, 0.15) is 0 Å². The summed E-state index contributed by atoms with van der Waals surface area (Å²) in [4.78, 5) is 21.3. The van der Waals surface area contributed by atoms with Gasteiger partial charge in [-0.25, -0.2) is 0 Å². The Balaban J connectivity index is 0.000000477. The molecular formula is C25H32ClNO4. The molecule has 2 N–H and O–H groups in total. The van der Waals surface area contributed by atoms with Gasteiger partial charge in [0.25, 0.3) is 0 Å². The van der Waals surface area contributed by atoms with Crippen LogP contribution in [0.2, 0.25) is 0 Å². The highest BCUT2D eigenvalue weighted by Gasteiger charge is 1.99. The molecule has 5 nitrogen and oxygen atoms in total. The van der Waals surface area contributed by atoms with E-state index in [4.69, 9.17) is 22.1 Å². The van der Waals surface area contributed by atoms with Gasteiger partial charge in [0.05, 0.1) is 25.7 Å². The fourth-order valence-corrected chi connectivity index (χ4v) is 2.00. The highest BCUT2D eigenvalue weighted by Crippen LogP contribution is 2.04. The van der Waals surface area contributed by atoms with E-state index in [0.717, 1.165) is 17.3 Å². The number of nitrogens with two attached hydrogens (primary N) is 1. The lowest BCUT2D eigenvalue weighted by Gasteiger charge is -1.98. The van der Waals surface area contributed by atoms with Crippen molar-refractivity contribution < 1.29 is 19.1 Å². The van der Waals surface area contributed by atoms with Crippen LogP contribution in [0.5, 0.6) is 0 Å². The molecule has 0 aliphatic rings. The molecule has 0 saturated carbocycles. The van der Waals surface area contributed by atoms with Crippen molar-refractivity contribution in [2.45, 2.75) is 34.1 Å². The minimum Gasteiger partial charge on any atom is -0.501 e. The molecule has 168 valence electrons. The number of carbonyl (C=O) groups is 2. The lowest BCUT2D eigenvalue weighted by atomic mass is 10.1. The third-order valence-electron chi connectivity index (χ3n) is 3.56. The van der Waals surface area contributed by atoms with Crippen molar-refractivity contribution in [1.82, 2.24) is 0 Å². The minimum absolute atomic E-state index is 0.0623. The summed E-state index contributed by atoms with van der Waals surface area (Å²) in [6.07, 6.45) is 5.80. The molecule has 0 saturated heterocycles. The van der Waals surface area contributed by atoms with Crippen LogP contribution in [0.25, 0.3) is 0 Å². The first-order valence-corrected chi connectivity index (χ1v) is 10.3. The zero-order chi connectivity index (χ0) is 23.5. The maximum absolute atomic E-state index is 11.4. The molecule has 0 bridgehead atoms. The Hall–Kier alpha value is -3.05. The Labute approximate surface area is 190 Å². The molecule has 0 heterocycles. The fourth-order valence-electron chi connectivity index (χ4n) is 1.95. The molecule has 31 heavy (non-hydrogen) atoms. The molecule has 2 aromatic carbocycles. The molecule has 0 radical (unpaired) electrons. The van der Waals surface area contributed by atoms with E-state index < -0.39 is 5.24 Å². The highest BCUT2D eigenvalue weighted by molar-refractivity contribution is 6.66. The number of allylic oxidation sites excluding steroid dienone is 2. The minimum atomic E-state index is -0.515. The molecule has 0 fully saturated rings. The van der Waals surface area contributed by atoms with E-state index in [-0.39, 0.29) is 5.78 Å². The zero-order valence-electron chi connectivity index (χ0n) is 18.6. The number of hydrogen-bond acceptors (Lipinski definition) is 5. The first-order valence-electron chi connectivity index (χ1n) is 9.94. The van der Waals surface area contributed by atoms with Crippen molar-refractivity contribution in [2.75, 3.05) is 18.9 Å². The van der Waals surface area contributed by atoms with Crippen LogP contribution in [0.1, 0.15) is 30.5 Å². The first kappa shape index (κ1) is 27.9. The van der Waals surface area contributed by atoms with E-state index in [0.29, 0.717) is 19.6 Å². The smallest absolute Gasteiger partial charge is 0.248 e. The normalized spacial score (nSPS) is 9.97. The lowest BCUT2D eigenvalue weighted by Crippen LogP contribution is -1.98. The van der Waals surface area contributed by atoms with Gasteiger partial charge >= 0.3 is 0 Å². The summed E-state index contributed by atoms with van der Waals surface area (Å²) in [5, 5.41) is -0.515. The summed E-state index contributed by atoms with van der Waals surface area (Å²) in [5.74, 6) is 0.0623. The number of nitrogen functional groups attached to an aromatic ring is 1. The van der Waals surface area contributed by atoms with Crippen molar-refractivity contribution in [3.8, 4) is 0 Å². The van der Waals surface area contributed by atoms with Gasteiger partial charge in [0.2, 0.25) is 5.24 Å². The molecule has 0 spiro atoms. The van der Waals surface area contributed by atoms with Crippen LogP contribution >= 0.6 is 11.6 Å². The van der Waals surface area contributed by atoms with Crippen molar-refractivity contribution >= 4 is 28.3 Å². The Kier molecular flexibility index (Phi) is 16.0. The number of ketones is 1. The van der Waals surface area contributed by atoms with Gasteiger partial charge in [0, 0.05) is 24.3 Å². The predicted molar refractivity (Wildman–Crippen MR) is 128 cm³/mol. The van der Waals surface area contributed by atoms with E-state index in [2.05, 4.69) is 4.74 Å². The summed E-state index contributed by atoms with van der Waals surface area (Å²) in [7, 11) is 0. The summed E-state index contributed by atoms with van der Waals surface area (Å²) < 4.78 is 9.62. The van der Waals surface area contributed by atoms with Crippen molar-refractivity contribution in [2.24, 2.45) is 0 Å². The van der Waals surface area contributed by atoms with Gasteiger partial charge < -0.3 is 15.2 Å². The Morgan fingerprint density at radius 2 is 1.29 bits per heavy atom. The number of anilines is 1. The average molecular weight is 446 g/mol. The standard InChI is InChI=1S/C13H16O2.C7H9N.C5H7ClO2/c1-3-15-9-8-13(14)10-12-6-4-11(2)5-7-12;1-6-2-4-7(8)5-3-6;1-2-8-4-3-5(6)7/h4-9H,3,10H2,1-2H3;2-5H,8H2,1H3;3-4H,2H2,1H3/b9-8+;;4-3+. The first-order chi connectivity index (χ1) is 14.8. The van der Waals surface area contributed by atoms with E-state index >= 15 is 0 Å². The van der Waals surface area contributed by atoms with Crippen LogP contribution in [0, 0.1) is 13.8 Å². The van der Waals surface area contributed by atoms with Crippen LogP contribution in [-0.4, -0.2) is 24.2 Å². The maximum Gasteiger partial charge on any atom is 0.248 e. The number of ether oxygens (including phenoxy) is 2. The second-order valence-electron chi connectivity index (χ2n) is 6.36. The average Bonchev–Trinajstić information content (AvgIpc) is 2.73. The molecular weight excluding hydrogens is 414 g/mol. The molecule has 0 aliphatic heterocycles. The molecule has 0 aromatic heterocycles. The molecule has 2 aromatic rings. The quantitative estimate of drug-likeness (QED) is 0.250. The summed E-state index contributed by atoms with van der Waals surface area (Å²) in [6, 6.07) is 15.8. The number of benzene rings is 2. The number of halogens is 1. The molecule has 0 amide bonds. The van der Waals surface area contributed by atoms with E-state index in [1.54, 1.807) is 0 Å². The van der Waals surface area contributed by atoms with E-state index in [1.165, 1.54) is 29.7 Å². The van der Waals surface area contributed by atoms with Gasteiger partial charge in [-0.05, 0) is 57.0 Å². The van der Waals surface area contributed by atoms with Crippen molar-refractivity contribution in [1.29, 1.82) is 0 Å². The second kappa shape index (κ2) is 17.8. The summed E-state index contributed by atoms with van der Waals surface area (Å²) >= 11 is 4.91. The summed E-state index contributed by atoms with van der Waals surface area (Å²) in [6.45, 7) is 8.92. The number of carbonyl (C=O) groups excluding carboxylic acids is 2. The molecule has 6 heteroatoms. The van der Waals surface area contributed by atoms with Gasteiger partial charge in [-0.2, -0.15) is 0 Å². The molecule has 0 aliphatic carbocycles.